The van der Waals surface area contributed by atoms with Gasteiger partial charge in [-0.1, -0.05) is 31.2 Å². The van der Waals surface area contributed by atoms with Crippen molar-refractivity contribution >= 4 is 11.0 Å². The number of nitriles is 1. The second kappa shape index (κ2) is 9.16. The minimum atomic E-state index is 0.254. The molecule has 5 rings (SSSR count). The van der Waals surface area contributed by atoms with Crippen LogP contribution in [0.1, 0.15) is 50.1 Å². The van der Waals surface area contributed by atoms with Crippen LogP contribution < -0.4 is 0 Å². The number of nitrogens with one attached hydrogen (secondary N) is 1. The summed E-state index contributed by atoms with van der Waals surface area (Å²) < 4.78 is 2.08. The lowest BCUT2D eigenvalue weighted by atomic mass is 9.91. The van der Waals surface area contributed by atoms with Crippen LogP contribution in [0.4, 0.5) is 0 Å². The van der Waals surface area contributed by atoms with Crippen LogP contribution in [0.5, 0.6) is 0 Å². The van der Waals surface area contributed by atoms with Gasteiger partial charge in [-0.2, -0.15) is 10.4 Å². The lowest BCUT2D eigenvalue weighted by molar-refractivity contribution is 0.212. The highest BCUT2D eigenvalue weighted by Crippen LogP contribution is 2.32. The second-order valence-corrected chi connectivity index (χ2v) is 8.99. The van der Waals surface area contributed by atoms with Crippen molar-refractivity contribution in [1.82, 2.24) is 29.6 Å². The Morgan fingerprint density at radius 3 is 2.85 bits per heavy atom. The quantitative estimate of drug-likeness (QED) is 0.448. The molecule has 0 bridgehead atoms. The highest BCUT2D eigenvalue weighted by molar-refractivity contribution is 5.93. The highest BCUT2D eigenvalue weighted by Gasteiger charge is 2.20. The fourth-order valence-corrected chi connectivity index (χ4v) is 4.77. The summed E-state index contributed by atoms with van der Waals surface area (Å²) in [6.07, 6.45) is 11.5. The molecule has 0 amide bonds. The minimum absolute atomic E-state index is 0.254. The van der Waals surface area contributed by atoms with E-state index in [4.69, 9.17) is 10.2 Å². The van der Waals surface area contributed by atoms with Crippen molar-refractivity contribution in [2.75, 3.05) is 20.1 Å². The number of rotatable bonds is 6. The number of aromatic nitrogens is 5. The third-order valence-corrected chi connectivity index (χ3v) is 6.85. The first-order valence-corrected chi connectivity index (χ1v) is 11.7. The molecule has 0 spiro atoms. The Balaban J connectivity index is 1.42. The average Bonchev–Trinajstić information content (AvgIpc) is 3.50. The van der Waals surface area contributed by atoms with Gasteiger partial charge in [-0.3, -0.25) is 4.68 Å². The second-order valence-electron chi connectivity index (χ2n) is 8.99. The molecule has 1 saturated heterocycles. The number of hydrogen-bond donors (Lipinski definition) is 1. The fraction of sp³-hybridized carbons (Fsp3) is 0.385. The Kier molecular flexibility index (Phi) is 5.93. The molecular formula is C26H29N7. The zero-order valence-electron chi connectivity index (χ0n) is 19.2. The first kappa shape index (κ1) is 21.4. The van der Waals surface area contributed by atoms with Gasteiger partial charge in [-0.25, -0.2) is 9.97 Å². The molecule has 0 radical (unpaired) electrons. The van der Waals surface area contributed by atoms with Crippen LogP contribution >= 0.6 is 0 Å². The van der Waals surface area contributed by atoms with Gasteiger partial charge >= 0.3 is 0 Å². The van der Waals surface area contributed by atoms with E-state index in [1.54, 1.807) is 0 Å². The van der Waals surface area contributed by atoms with Crippen LogP contribution in [0.25, 0.3) is 33.5 Å². The van der Waals surface area contributed by atoms with Gasteiger partial charge in [0.25, 0.3) is 0 Å². The van der Waals surface area contributed by atoms with Crippen molar-refractivity contribution in [3.05, 3.63) is 54.6 Å². The molecule has 0 saturated carbocycles. The SMILES string of the molecule is CCC(CC#N)c1cccc(-c2c[nH]c3nc(-c4cnn(C5CCN(C)CC5)c4)ncc23)c1. The molecule has 1 aliphatic rings. The predicted molar refractivity (Wildman–Crippen MR) is 130 cm³/mol. The predicted octanol–water partition coefficient (Wildman–Crippen LogP) is 5.16. The minimum Gasteiger partial charge on any atom is -0.345 e. The Hall–Kier alpha value is -3.50. The third kappa shape index (κ3) is 4.27. The van der Waals surface area contributed by atoms with Crippen LogP contribution in [0.15, 0.2) is 49.1 Å². The van der Waals surface area contributed by atoms with E-state index >= 15 is 0 Å². The maximum Gasteiger partial charge on any atom is 0.164 e. The number of H-pyrrole nitrogens is 1. The molecule has 4 aromatic rings. The monoisotopic (exact) mass is 439 g/mol. The summed E-state index contributed by atoms with van der Waals surface area (Å²) in [6.45, 7) is 4.33. The lowest BCUT2D eigenvalue weighted by Gasteiger charge is -2.28. The molecule has 7 heteroatoms. The van der Waals surface area contributed by atoms with Crippen molar-refractivity contribution in [1.29, 1.82) is 5.26 Å². The molecule has 33 heavy (non-hydrogen) atoms. The zero-order valence-corrected chi connectivity index (χ0v) is 19.2. The summed E-state index contributed by atoms with van der Waals surface area (Å²) in [5.74, 6) is 0.938. The highest BCUT2D eigenvalue weighted by atomic mass is 15.3. The van der Waals surface area contributed by atoms with E-state index in [-0.39, 0.29) is 5.92 Å². The molecule has 4 heterocycles. The van der Waals surface area contributed by atoms with Gasteiger partial charge in [-0.05, 0) is 56.4 Å². The molecule has 1 atom stereocenters. The number of fused-ring (bicyclic) bond motifs is 1. The number of piperidine rings is 1. The van der Waals surface area contributed by atoms with Gasteiger partial charge in [0, 0.05) is 36.0 Å². The molecule has 1 unspecified atom stereocenters. The summed E-state index contributed by atoms with van der Waals surface area (Å²) in [5.41, 5.74) is 5.14. The van der Waals surface area contributed by atoms with Crippen molar-refractivity contribution in [2.24, 2.45) is 0 Å². The maximum absolute atomic E-state index is 9.15. The van der Waals surface area contributed by atoms with Gasteiger partial charge < -0.3 is 9.88 Å². The topological polar surface area (TPSA) is 86.4 Å². The summed E-state index contributed by atoms with van der Waals surface area (Å²) in [7, 11) is 2.17. The normalized spacial score (nSPS) is 16.2. The Morgan fingerprint density at radius 1 is 1.21 bits per heavy atom. The summed E-state index contributed by atoms with van der Waals surface area (Å²) in [4.78, 5) is 15.2. The number of aromatic amines is 1. The smallest absolute Gasteiger partial charge is 0.164 e. The standard InChI is InChI=1S/C26H29N7/c1-3-18(7-10-27)19-5-4-6-20(13-19)23-15-29-26-24(23)16-28-25(31-26)21-14-30-33(17-21)22-8-11-32(2)12-9-22/h4-6,13-18,22H,3,7-9,11-12H2,1-2H3,(H,28,29,31). The van der Waals surface area contributed by atoms with E-state index in [9.17, 15) is 0 Å². The summed E-state index contributed by atoms with van der Waals surface area (Å²) in [6, 6.07) is 11.2. The number of likely N-dealkylation sites (tertiary alicyclic amines) is 1. The van der Waals surface area contributed by atoms with Crippen LogP contribution in [-0.4, -0.2) is 49.8 Å². The van der Waals surface area contributed by atoms with Gasteiger partial charge in [-0.15, -0.1) is 0 Å². The van der Waals surface area contributed by atoms with Crippen molar-refractivity contribution in [3.63, 3.8) is 0 Å². The molecule has 1 N–H and O–H groups in total. The van der Waals surface area contributed by atoms with Crippen LogP contribution in [-0.2, 0) is 0 Å². The van der Waals surface area contributed by atoms with E-state index in [0.717, 1.165) is 60.1 Å². The van der Waals surface area contributed by atoms with E-state index in [0.29, 0.717) is 18.3 Å². The Morgan fingerprint density at radius 2 is 2.06 bits per heavy atom. The van der Waals surface area contributed by atoms with Crippen LogP contribution in [0.3, 0.4) is 0 Å². The van der Waals surface area contributed by atoms with Gasteiger partial charge in [0.05, 0.1) is 23.9 Å². The summed E-state index contributed by atoms with van der Waals surface area (Å²) >= 11 is 0. The Labute approximate surface area is 194 Å². The first-order chi connectivity index (χ1) is 16.2. The molecule has 1 aromatic carbocycles. The lowest BCUT2D eigenvalue weighted by Crippen LogP contribution is -2.31. The fourth-order valence-electron chi connectivity index (χ4n) is 4.77. The van der Waals surface area contributed by atoms with Gasteiger partial charge in [0.2, 0.25) is 0 Å². The number of hydrogen-bond acceptors (Lipinski definition) is 5. The largest absolute Gasteiger partial charge is 0.345 e. The summed E-state index contributed by atoms with van der Waals surface area (Å²) in [5, 5.41) is 14.8. The van der Waals surface area contributed by atoms with E-state index in [2.05, 4.69) is 75.2 Å². The molecule has 7 nitrogen and oxygen atoms in total. The average molecular weight is 440 g/mol. The van der Waals surface area contributed by atoms with Crippen LogP contribution in [0.2, 0.25) is 0 Å². The molecule has 1 fully saturated rings. The van der Waals surface area contributed by atoms with Crippen LogP contribution in [0, 0.1) is 11.3 Å². The molecule has 3 aromatic heterocycles. The van der Waals surface area contributed by atoms with Gasteiger partial charge in [0.15, 0.2) is 5.82 Å². The van der Waals surface area contributed by atoms with E-state index < -0.39 is 0 Å². The third-order valence-electron chi connectivity index (χ3n) is 6.85. The van der Waals surface area contributed by atoms with Crippen molar-refractivity contribution in [3.8, 4) is 28.6 Å². The zero-order chi connectivity index (χ0) is 22.8. The molecule has 0 aliphatic carbocycles. The van der Waals surface area contributed by atoms with E-state index in [1.807, 2.05) is 18.6 Å². The molecule has 1 aliphatic heterocycles. The van der Waals surface area contributed by atoms with E-state index in [1.165, 1.54) is 5.56 Å². The van der Waals surface area contributed by atoms with Crippen molar-refractivity contribution in [2.45, 2.75) is 44.6 Å². The molecule has 168 valence electrons. The van der Waals surface area contributed by atoms with Crippen molar-refractivity contribution < 1.29 is 0 Å². The number of nitrogens with zero attached hydrogens (tertiary/aromatic N) is 6. The first-order valence-electron chi connectivity index (χ1n) is 11.7. The van der Waals surface area contributed by atoms with Gasteiger partial charge in [0.1, 0.15) is 5.65 Å². The number of benzene rings is 1. The Bertz CT molecular complexity index is 1290. The maximum atomic E-state index is 9.15. The molecular weight excluding hydrogens is 410 g/mol.